The van der Waals surface area contributed by atoms with Crippen LogP contribution in [0.1, 0.15) is 0 Å². The molecular weight excluding hydrogens is 187 g/mol. The van der Waals surface area contributed by atoms with Gasteiger partial charge in [-0.05, 0) is 0 Å². The maximum absolute atomic E-state index is 5.69. The van der Waals surface area contributed by atoms with Crippen molar-refractivity contribution >= 4 is 24.0 Å². The predicted molar refractivity (Wildman–Crippen MR) is 44.0 cm³/mol. The van der Waals surface area contributed by atoms with Crippen LogP contribution in [0.25, 0.3) is 0 Å². The molecule has 1 aliphatic heterocycles. The van der Waals surface area contributed by atoms with E-state index >= 15 is 0 Å². The van der Waals surface area contributed by atoms with Gasteiger partial charge in [0.2, 0.25) is 0 Å². The van der Waals surface area contributed by atoms with Crippen LogP contribution in [0.15, 0.2) is 23.7 Å². The summed E-state index contributed by atoms with van der Waals surface area (Å²) < 4.78 is 6.87. The summed E-state index contributed by atoms with van der Waals surface area (Å²) in [6.45, 7) is 0.664. The van der Waals surface area contributed by atoms with Crippen molar-refractivity contribution < 1.29 is 4.74 Å². The molecule has 0 radical (unpaired) electrons. The zero-order chi connectivity index (χ0) is 6.97. The van der Waals surface area contributed by atoms with Gasteiger partial charge >= 0.3 is 6.01 Å². The second kappa shape index (κ2) is 3.15. The summed E-state index contributed by atoms with van der Waals surface area (Å²) >= 11 is 5.69. The lowest BCUT2D eigenvalue weighted by molar-refractivity contribution is 0.393. The summed E-state index contributed by atoms with van der Waals surface area (Å²) in [5, 5.41) is 0.686. The van der Waals surface area contributed by atoms with Gasteiger partial charge in [0, 0.05) is 12.4 Å². The van der Waals surface area contributed by atoms with E-state index < -0.39 is 0 Å². The van der Waals surface area contributed by atoms with E-state index in [1.165, 1.54) is 6.26 Å². The van der Waals surface area contributed by atoms with Crippen molar-refractivity contribution in [1.29, 1.82) is 0 Å². The van der Waals surface area contributed by atoms with Crippen LogP contribution in [0.5, 0.6) is 6.01 Å². The van der Waals surface area contributed by atoms with Crippen LogP contribution in [-0.2, 0) is 6.54 Å². The number of nitrogens with zero attached hydrogens (tertiary/aromatic N) is 2. The highest BCUT2D eigenvalue weighted by atomic mass is 35.5. The Morgan fingerprint density at radius 1 is 1.64 bits per heavy atom. The molecule has 1 aromatic heterocycles. The fourth-order valence-electron chi connectivity index (χ4n) is 0.851. The lowest BCUT2D eigenvalue weighted by Gasteiger charge is -2.10. The van der Waals surface area contributed by atoms with Crippen LogP contribution in [0.4, 0.5) is 0 Å². The third-order valence-electron chi connectivity index (χ3n) is 1.29. The van der Waals surface area contributed by atoms with Crippen LogP contribution < -0.4 is 4.74 Å². The van der Waals surface area contributed by atoms with Crippen molar-refractivity contribution in [2.75, 3.05) is 0 Å². The van der Waals surface area contributed by atoms with Gasteiger partial charge in [-0.25, -0.2) is 4.98 Å². The summed E-state index contributed by atoms with van der Waals surface area (Å²) in [6.07, 6.45) is 5.01. The van der Waals surface area contributed by atoms with Crippen LogP contribution >= 0.6 is 24.0 Å². The molecule has 1 aromatic rings. The van der Waals surface area contributed by atoms with Crippen molar-refractivity contribution in [3.8, 4) is 6.01 Å². The molecule has 0 saturated carbocycles. The van der Waals surface area contributed by atoms with Gasteiger partial charge in [0.1, 0.15) is 6.26 Å². The van der Waals surface area contributed by atoms with Gasteiger partial charge in [-0.15, -0.1) is 12.4 Å². The van der Waals surface area contributed by atoms with E-state index in [4.69, 9.17) is 16.3 Å². The van der Waals surface area contributed by atoms with Crippen LogP contribution in [0, 0.1) is 0 Å². The van der Waals surface area contributed by atoms with Gasteiger partial charge in [0.05, 0.1) is 11.6 Å². The molecule has 0 atom stereocenters. The van der Waals surface area contributed by atoms with E-state index in [-0.39, 0.29) is 12.4 Å². The molecule has 2 heterocycles. The molecule has 2 rings (SSSR count). The van der Waals surface area contributed by atoms with Gasteiger partial charge in [0.25, 0.3) is 0 Å². The largest absolute Gasteiger partial charge is 0.432 e. The molecule has 0 N–H and O–H groups in total. The molecule has 0 aliphatic carbocycles. The van der Waals surface area contributed by atoms with Crippen LogP contribution in [-0.4, -0.2) is 9.55 Å². The smallest absolute Gasteiger partial charge is 0.301 e. The Morgan fingerprint density at radius 2 is 2.45 bits per heavy atom. The Hall–Kier alpha value is -0.670. The minimum absolute atomic E-state index is 0. The quantitative estimate of drug-likeness (QED) is 0.627. The fourth-order valence-corrected chi connectivity index (χ4v) is 1.02. The fraction of sp³-hybridized carbons (Fsp3) is 0.167. The monoisotopic (exact) mass is 192 g/mol. The third-order valence-corrected chi connectivity index (χ3v) is 1.50. The number of fused-ring (bicyclic) bond motifs is 1. The first kappa shape index (κ1) is 8.43. The van der Waals surface area contributed by atoms with E-state index in [0.29, 0.717) is 17.6 Å². The van der Waals surface area contributed by atoms with Gasteiger partial charge in [0.15, 0.2) is 0 Å². The highest BCUT2D eigenvalue weighted by Crippen LogP contribution is 2.18. The molecule has 0 unspecified atom stereocenters. The average molecular weight is 193 g/mol. The van der Waals surface area contributed by atoms with Crippen molar-refractivity contribution in [3.05, 3.63) is 23.7 Å². The van der Waals surface area contributed by atoms with Crippen molar-refractivity contribution in [3.63, 3.8) is 0 Å². The van der Waals surface area contributed by atoms with Crippen molar-refractivity contribution in [1.82, 2.24) is 9.55 Å². The first-order valence-electron chi connectivity index (χ1n) is 2.88. The summed E-state index contributed by atoms with van der Waals surface area (Å²) in [7, 11) is 0. The lowest BCUT2D eigenvalue weighted by atomic mass is 10.5. The summed E-state index contributed by atoms with van der Waals surface area (Å²) in [6, 6.07) is 0.601. The minimum Gasteiger partial charge on any atom is -0.432 e. The topological polar surface area (TPSA) is 27.1 Å². The van der Waals surface area contributed by atoms with Crippen LogP contribution in [0.3, 0.4) is 0 Å². The SMILES string of the molecule is Cl.ClC1=COc2nccn2C1. The molecular formula is C6H6Cl2N2O. The Bertz CT molecular complexity index is 282. The second-order valence-electron chi connectivity index (χ2n) is 2.02. The molecule has 5 heteroatoms. The molecule has 1 aliphatic rings. The van der Waals surface area contributed by atoms with Gasteiger partial charge in [-0.2, -0.15) is 0 Å². The van der Waals surface area contributed by atoms with Crippen molar-refractivity contribution in [2.24, 2.45) is 0 Å². The first-order valence-corrected chi connectivity index (χ1v) is 3.26. The normalized spacial score (nSPS) is 14.1. The number of allylic oxidation sites excluding steroid dienone is 1. The number of hydrogen-bond donors (Lipinski definition) is 0. The molecule has 11 heavy (non-hydrogen) atoms. The van der Waals surface area contributed by atoms with Gasteiger partial charge in [-0.1, -0.05) is 11.6 Å². The molecule has 3 nitrogen and oxygen atoms in total. The maximum atomic E-state index is 5.69. The lowest BCUT2D eigenvalue weighted by Crippen LogP contribution is -2.05. The Kier molecular flexibility index (Phi) is 2.42. The van der Waals surface area contributed by atoms with E-state index in [2.05, 4.69) is 4.98 Å². The summed E-state index contributed by atoms with van der Waals surface area (Å²) in [4.78, 5) is 3.93. The number of imidazole rings is 1. The number of ether oxygens (including phenoxy) is 1. The highest BCUT2D eigenvalue weighted by molar-refractivity contribution is 6.29. The molecule has 0 fully saturated rings. The molecule has 0 bridgehead atoms. The summed E-state index contributed by atoms with van der Waals surface area (Å²) in [5.41, 5.74) is 0. The summed E-state index contributed by atoms with van der Waals surface area (Å²) in [5.74, 6) is 0. The number of hydrogen-bond acceptors (Lipinski definition) is 2. The second-order valence-corrected chi connectivity index (χ2v) is 2.51. The van der Waals surface area contributed by atoms with E-state index in [1.807, 2.05) is 10.8 Å². The van der Waals surface area contributed by atoms with Gasteiger partial charge in [-0.3, -0.25) is 4.57 Å². The molecule has 60 valence electrons. The molecule has 0 aromatic carbocycles. The average Bonchev–Trinajstić information content (AvgIpc) is 2.33. The molecule has 0 saturated heterocycles. The Morgan fingerprint density at radius 3 is 3.27 bits per heavy atom. The third kappa shape index (κ3) is 1.49. The van der Waals surface area contributed by atoms with Crippen LogP contribution in [0.2, 0.25) is 0 Å². The highest BCUT2D eigenvalue weighted by Gasteiger charge is 2.09. The maximum Gasteiger partial charge on any atom is 0.301 e. The van der Waals surface area contributed by atoms with E-state index in [0.717, 1.165) is 0 Å². The zero-order valence-electron chi connectivity index (χ0n) is 5.53. The molecule has 0 spiro atoms. The Balaban J connectivity index is 0.000000605. The number of halogens is 2. The predicted octanol–water partition coefficient (Wildman–Crippen LogP) is 1.78. The molecule has 0 amide bonds. The standard InChI is InChI=1S/C6H5ClN2O.ClH/c7-5-3-9-2-1-8-6(9)10-4-5;/h1-2,4H,3H2;1H. The number of aromatic nitrogens is 2. The minimum atomic E-state index is 0. The first-order chi connectivity index (χ1) is 4.86. The number of rotatable bonds is 0. The van der Waals surface area contributed by atoms with E-state index in [1.54, 1.807) is 6.20 Å². The van der Waals surface area contributed by atoms with E-state index in [9.17, 15) is 0 Å². The zero-order valence-corrected chi connectivity index (χ0v) is 7.10. The van der Waals surface area contributed by atoms with Gasteiger partial charge < -0.3 is 4.74 Å². The van der Waals surface area contributed by atoms with Crippen molar-refractivity contribution in [2.45, 2.75) is 6.54 Å². The Labute approximate surface area is 75.0 Å².